The fraction of sp³-hybridized carbons (Fsp3) is 0.125. The zero-order chi connectivity index (χ0) is 20.3. The van der Waals surface area contributed by atoms with Crippen LogP contribution in [0.25, 0.3) is 0 Å². The molecule has 29 heavy (non-hydrogen) atoms. The zero-order valence-corrected chi connectivity index (χ0v) is 18.7. The summed E-state index contributed by atoms with van der Waals surface area (Å²) >= 11 is 6.53. The predicted molar refractivity (Wildman–Crippen MR) is 122 cm³/mol. The summed E-state index contributed by atoms with van der Waals surface area (Å²) < 4.78 is 16.2. The molecule has 4 aromatic rings. The average Bonchev–Trinajstić information content (AvgIpc) is 3.26. The highest BCUT2D eigenvalue weighted by molar-refractivity contribution is 9.24. The lowest BCUT2D eigenvalue weighted by Crippen LogP contribution is -2.37. The van der Waals surface area contributed by atoms with Crippen molar-refractivity contribution in [2.24, 2.45) is 0 Å². The molecule has 0 amide bonds. The van der Waals surface area contributed by atoms with Crippen molar-refractivity contribution < 1.29 is 4.39 Å². The van der Waals surface area contributed by atoms with E-state index in [0.717, 1.165) is 16.7 Å². The molecular weight excluding hydrogens is 495 g/mol. The molecule has 3 aromatic carbocycles. The minimum atomic E-state index is -1.27. The molecule has 1 aromatic heterocycles. The maximum atomic E-state index is 14.7. The molecule has 0 bridgehead atoms. The molecule has 0 saturated heterocycles. The Morgan fingerprint density at radius 2 is 1.14 bits per heavy atom. The monoisotopic (exact) mass is 512 g/mol. The van der Waals surface area contributed by atoms with Crippen molar-refractivity contribution in [3.05, 3.63) is 126 Å². The van der Waals surface area contributed by atoms with Crippen molar-refractivity contribution in [3.8, 4) is 0 Å². The normalized spacial score (nSPS) is 12.8. The Labute approximate surface area is 186 Å². The fourth-order valence-corrected chi connectivity index (χ4v) is 4.32. The molecule has 0 saturated carbocycles. The number of alkyl halides is 3. The number of halogens is 3. The number of imidazole rings is 1. The SMILES string of the molecule is FC(c1cn(C(c2ccccc2)(c2ccccc2)c2ccccc2)cn1)C(Br)Br. The Hall–Kier alpha value is -2.24. The number of aromatic nitrogens is 2. The van der Waals surface area contributed by atoms with Gasteiger partial charge in [0, 0.05) is 6.20 Å². The molecule has 1 atom stereocenters. The predicted octanol–water partition coefficient (Wildman–Crippen LogP) is 6.85. The fourth-order valence-electron chi connectivity index (χ4n) is 3.78. The van der Waals surface area contributed by atoms with Gasteiger partial charge in [-0.05, 0) is 16.7 Å². The van der Waals surface area contributed by atoms with Gasteiger partial charge in [0.2, 0.25) is 0 Å². The molecule has 146 valence electrons. The summed E-state index contributed by atoms with van der Waals surface area (Å²) in [5, 5.41) is 0. The van der Waals surface area contributed by atoms with E-state index in [0.29, 0.717) is 5.69 Å². The molecule has 1 unspecified atom stereocenters. The van der Waals surface area contributed by atoms with E-state index >= 15 is 0 Å². The van der Waals surface area contributed by atoms with Gasteiger partial charge in [0.05, 0.1) is 12.0 Å². The van der Waals surface area contributed by atoms with Crippen molar-refractivity contribution in [1.82, 2.24) is 9.55 Å². The zero-order valence-electron chi connectivity index (χ0n) is 15.5. The molecule has 0 aliphatic heterocycles. The van der Waals surface area contributed by atoms with E-state index in [1.807, 2.05) is 59.2 Å². The second-order valence-corrected chi connectivity index (χ2v) is 9.95. The summed E-state index contributed by atoms with van der Waals surface area (Å²) in [4.78, 5) is 4.41. The molecule has 0 radical (unpaired) electrons. The first-order chi connectivity index (χ1) is 14.1. The van der Waals surface area contributed by atoms with Crippen molar-refractivity contribution in [1.29, 1.82) is 0 Å². The van der Waals surface area contributed by atoms with Crippen molar-refractivity contribution >= 4 is 31.9 Å². The van der Waals surface area contributed by atoms with Crippen LogP contribution < -0.4 is 0 Å². The van der Waals surface area contributed by atoms with Crippen LogP contribution in [0.15, 0.2) is 104 Å². The molecule has 4 rings (SSSR count). The van der Waals surface area contributed by atoms with Gasteiger partial charge >= 0.3 is 0 Å². The molecular formula is C24H19Br2FN2. The van der Waals surface area contributed by atoms with E-state index in [-0.39, 0.29) is 0 Å². The Morgan fingerprint density at radius 3 is 1.52 bits per heavy atom. The number of benzene rings is 3. The average molecular weight is 514 g/mol. The second-order valence-electron chi connectivity index (χ2n) is 6.75. The molecule has 0 aliphatic carbocycles. The number of hydrogen-bond acceptors (Lipinski definition) is 1. The van der Waals surface area contributed by atoms with Gasteiger partial charge < -0.3 is 4.57 Å². The summed E-state index contributed by atoms with van der Waals surface area (Å²) in [5.74, 6) is 0. The van der Waals surface area contributed by atoms with Crippen LogP contribution in [-0.2, 0) is 5.54 Å². The van der Waals surface area contributed by atoms with E-state index in [2.05, 4.69) is 73.2 Å². The molecule has 0 aliphatic rings. The van der Waals surface area contributed by atoms with E-state index in [1.165, 1.54) is 0 Å². The molecule has 5 heteroatoms. The summed E-state index contributed by atoms with van der Waals surface area (Å²) in [6, 6.07) is 30.8. The highest BCUT2D eigenvalue weighted by atomic mass is 79.9. The topological polar surface area (TPSA) is 17.8 Å². The van der Waals surface area contributed by atoms with E-state index in [1.54, 1.807) is 12.5 Å². The van der Waals surface area contributed by atoms with Crippen LogP contribution in [-0.4, -0.2) is 13.3 Å². The van der Waals surface area contributed by atoms with E-state index < -0.39 is 15.4 Å². The van der Waals surface area contributed by atoms with E-state index in [4.69, 9.17) is 0 Å². The molecule has 1 heterocycles. The van der Waals surface area contributed by atoms with Gasteiger partial charge in [-0.3, -0.25) is 0 Å². The third kappa shape index (κ3) is 3.69. The standard InChI is InChI=1S/C24H19Br2FN2/c25-23(26)22(27)21-16-29(17-28-21)24(18-10-4-1-5-11-18,19-12-6-2-7-13-19)20-14-8-3-9-15-20/h1-17,22-23H. The lowest BCUT2D eigenvalue weighted by molar-refractivity contribution is 0.365. The Morgan fingerprint density at radius 1 is 0.724 bits per heavy atom. The summed E-state index contributed by atoms with van der Waals surface area (Å²) in [6.45, 7) is 0. The van der Waals surface area contributed by atoms with Crippen LogP contribution in [0.5, 0.6) is 0 Å². The molecule has 0 N–H and O–H groups in total. The quantitative estimate of drug-likeness (QED) is 0.203. The highest BCUT2D eigenvalue weighted by Crippen LogP contribution is 2.41. The summed E-state index contributed by atoms with van der Waals surface area (Å²) in [5.41, 5.74) is 2.92. The van der Waals surface area contributed by atoms with Gasteiger partial charge in [0.1, 0.15) is 9.28 Å². The highest BCUT2D eigenvalue weighted by Gasteiger charge is 2.38. The molecule has 0 fully saturated rings. The minimum Gasteiger partial charge on any atom is -0.319 e. The van der Waals surface area contributed by atoms with Gasteiger partial charge in [-0.15, -0.1) is 0 Å². The van der Waals surface area contributed by atoms with Gasteiger partial charge in [-0.2, -0.15) is 0 Å². The summed E-state index contributed by atoms with van der Waals surface area (Å²) in [7, 11) is 0. The van der Waals surface area contributed by atoms with Gasteiger partial charge in [-0.1, -0.05) is 123 Å². The third-order valence-electron chi connectivity index (χ3n) is 5.07. The Balaban J connectivity index is 2.04. The Kier molecular flexibility index (Phi) is 5.97. The smallest absolute Gasteiger partial charge is 0.166 e. The van der Waals surface area contributed by atoms with Gasteiger partial charge in [0.25, 0.3) is 0 Å². The second kappa shape index (κ2) is 8.64. The third-order valence-corrected chi connectivity index (χ3v) is 6.00. The van der Waals surface area contributed by atoms with Crippen molar-refractivity contribution in [2.75, 3.05) is 0 Å². The van der Waals surface area contributed by atoms with Crippen LogP contribution in [0.1, 0.15) is 28.6 Å². The number of nitrogens with zero attached hydrogens (tertiary/aromatic N) is 2. The van der Waals surface area contributed by atoms with Crippen molar-refractivity contribution in [3.63, 3.8) is 0 Å². The first-order valence-electron chi connectivity index (χ1n) is 9.27. The van der Waals surface area contributed by atoms with Crippen LogP contribution in [0, 0.1) is 0 Å². The van der Waals surface area contributed by atoms with Crippen LogP contribution in [0.4, 0.5) is 4.39 Å². The molecule has 2 nitrogen and oxygen atoms in total. The first-order valence-corrected chi connectivity index (χ1v) is 11.1. The molecule has 0 spiro atoms. The van der Waals surface area contributed by atoms with Gasteiger partial charge in [-0.25, -0.2) is 9.37 Å². The number of hydrogen-bond donors (Lipinski definition) is 0. The summed E-state index contributed by atoms with van der Waals surface area (Å²) in [6.07, 6.45) is 2.25. The van der Waals surface area contributed by atoms with Crippen molar-refractivity contribution in [2.45, 2.75) is 15.4 Å². The maximum Gasteiger partial charge on any atom is 0.166 e. The minimum absolute atomic E-state index is 0.371. The van der Waals surface area contributed by atoms with Crippen LogP contribution in [0.2, 0.25) is 0 Å². The van der Waals surface area contributed by atoms with E-state index in [9.17, 15) is 4.39 Å². The number of rotatable bonds is 6. The lowest BCUT2D eigenvalue weighted by atomic mass is 9.77. The van der Waals surface area contributed by atoms with Crippen LogP contribution in [0.3, 0.4) is 0 Å². The lowest BCUT2D eigenvalue weighted by Gasteiger charge is -2.37. The Bertz CT molecular complexity index is 953. The van der Waals surface area contributed by atoms with Crippen LogP contribution >= 0.6 is 31.9 Å². The first kappa shape index (κ1) is 20.0. The van der Waals surface area contributed by atoms with Gasteiger partial charge in [0.15, 0.2) is 6.17 Å². The maximum absolute atomic E-state index is 14.7. The largest absolute Gasteiger partial charge is 0.319 e.